The molecular weight excluding hydrogens is 536 g/mol. The van der Waals surface area contributed by atoms with Crippen molar-refractivity contribution in [3.05, 3.63) is 77.5 Å². The fourth-order valence-electron chi connectivity index (χ4n) is 5.99. The predicted molar refractivity (Wildman–Crippen MR) is 148 cm³/mol. The number of aromatic nitrogens is 3. The monoisotopic (exact) mass is 568 g/mol. The Hall–Kier alpha value is -3.95. The van der Waals surface area contributed by atoms with Crippen LogP contribution in [0.5, 0.6) is 5.75 Å². The van der Waals surface area contributed by atoms with E-state index in [0.717, 1.165) is 47.8 Å². The Kier molecular flexibility index (Phi) is 7.52. The van der Waals surface area contributed by atoms with Gasteiger partial charge in [-0.15, -0.1) is 13.2 Å². The molecule has 0 bridgehead atoms. The van der Waals surface area contributed by atoms with Gasteiger partial charge < -0.3 is 15.0 Å². The van der Waals surface area contributed by atoms with Crippen molar-refractivity contribution >= 4 is 16.8 Å². The third-order valence-electron chi connectivity index (χ3n) is 7.82. The summed E-state index contributed by atoms with van der Waals surface area (Å²) in [4.78, 5) is 21.2. The van der Waals surface area contributed by atoms with E-state index in [1.165, 1.54) is 30.5 Å². The van der Waals surface area contributed by atoms with E-state index in [1.54, 1.807) is 18.3 Å². The molecule has 6 nitrogen and oxygen atoms in total. The average Bonchev–Trinajstić information content (AvgIpc) is 3.28. The maximum absolute atomic E-state index is 14.0. The maximum atomic E-state index is 14.0. The van der Waals surface area contributed by atoms with Crippen molar-refractivity contribution in [2.24, 2.45) is 11.7 Å². The van der Waals surface area contributed by atoms with E-state index in [9.17, 15) is 22.4 Å². The highest BCUT2D eigenvalue weighted by molar-refractivity contribution is 6.00. The molecule has 0 saturated heterocycles. The topological polar surface area (TPSA) is 83.0 Å². The van der Waals surface area contributed by atoms with Gasteiger partial charge in [0.15, 0.2) is 5.75 Å². The summed E-state index contributed by atoms with van der Waals surface area (Å²) >= 11 is 0. The van der Waals surface area contributed by atoms with Crippen molar-refractivity contribution < 1.29 is 27.1 Å². The van der Waals surface area contributed by atoms with Crippen molar-refractivity contribution in [1.82, 2.24) is 14.5 Å². The normalized spacial score (nSPS) is 18.0. The summed E-state index contributed by atoms with van der Waals surface area (Å²) in [6.07, 6.45) is 1.57. The first kappa shape index (κ1) is 28.6. The number of nitrogens with zero attached hydrogens (tertiary/aromatic N) is 3. The minimum Gasteiger partial charge on any atom is -0.403 e. The van der Waals surface area contributed by atoms with Crippen molar-refractivity contribution in [3.8, 4) is 17.1 Å². The number of fused-ring (bicyclic) bond motifs is 1. The Morgan fingerprint density at radius 2 is 1.76 bits per heavy atom. The molecule has 3 aromatic heterocycles. The van der Waals surface area contributed by atoms with E-state index < -0.39 is 23.4 Å². The van der Waals surface area contributed by atoms with Gasteiger partial charge in [0.2, 0.25) is 0 Å². The molecule has 1 aliphatic rings. The fourth-order valence-corrected chi connectivity index (χ4v) is 5.99. The van der Waals surface area contributed by atoms with E-state index in [4.69, 9.17) is 5.73 Å². The van der Waals surface area contributed by atoms with Crippen molar-refractivity contribution in [1.29, 1.82) is 0 Å². The summed E-state index contributed by atoms with van der Waals surface area (Å²) < 4.78 is 60.1. The molecule has 2 N–H and O–H groups in total. The van der Waals surface area contributed by atoms with Gasteiger partial charge in [0.05, 0.1) is 16.8 Å². The second-order valence-corrected chi connectivity index (χ2v) is 11.7. The van der Waals surface area contributed by atoms with Gasteiger partial charge >= 0.3 is 6.36 Å². The van der Waals surface area contributed by atoms with Gasteiger partial charge in [0.1, 0.15) is 11.5 Å². The van der Waals surface area contributed by atoms with Crippen LogP contribution in [0, 0.1) is 11.7 Å². The molecule has 1 amide bonds. The lowest BCUT2D eigenvalue weighted by atomic mass is 9.77. The number of nitrogens with two attached hydrogens (primary N) is 1. The van der Waals surface area contributed by atoms with Crippen molar-refractivity contribution in [2.75, 3.05) is 0 Å². The largest absolute Gasteiger partial charge is 0.573 e. The zero-order valence-corrected chi connectivity index (χ0v) is 23.1. The first-order chi connectivity index (χ1) is 19.3. The number of carbonyl (C=O) groups is 1. The Balaban J connectivity index is 1.50. The zero-order chi connectivity index (χ0) is 29.5. The van der Waals surface area contributed by atoms with Gasteiger partial charge in [-0.2, -0.15) is 0 Å². The smallest absolute Gasteiger partial charge is 0.403 e. The van der Waals surface area contributed by atoms with Crippen LogP contribution >= 0.6 is 0 Å². The molecular formula is C31H32F4N4O2. The molecule has 0 radical (unpaired) electrons. The molecule has 0 atom stereocenters. The Labute approximate surface area is 235 Å². The summed E-state index contributed by atoms with van der Waals surface area (Å²) in [5.74, 6) is -1.14. The van der Waals surface area contributed by atoms with Gasteiger partial charge in [0.25, 0.3) is 5.91 Å². The van der Waals surface area contributed by atoms with Gasteiger partial charge in [-0.25, -0.2) is 4.39 Å². The third-order valence-corrected chi connectivity index (χ3v) is 7.82. The standard InChI is InChI=1S/C31H32F4N4O2/c1-30(2,3)26-16-23(29(36)40)28(27-25(5-4-13-38-27)41-31(33,34)35)39(26)17-18-6-8-19(9-7-18)21-12-14-37-24-11-10-20(32)15-22(21)24/h4-5,10-16,18-19H,6-9,17H2,1-3H3,(H2,36,40). The molecule has 10 heteroatoms. The van der Waals surface area contributed by atoms with E-state index in [1.807, 2.05) is 31.4 Å². The number of ether oxygens (including phenoxy) is 1. The lowest BCUT2D eigenvalue weighted by Gasteiger charge is -2.32. The highest BCUT2D eigenvalue weighted by Gasteiger charge is 2.35. The molecule has 216 valence electrons. The first-order valence-corrected chi connectivity index (χ1v) is 13.6. The van der Waals surface area contributed by atoms with Crippen LogP contribution < -0.4 is 10.5 Å². The van der Waals surface area contributed by atoms with Crippen LogP contribution in [0.15, 0.2) is 54.9 Å². The molecule has 5 rings (SSSR count). The second-order valence-electron chi connectivity index (χ2n) is 11.7. The molecule has 1 aromatic carbocycles. The number of rotatable bonds is 6. The Morgan fingerprint density at radius 3 is 2.41 bits per heavy atom. The molecule has 4 aromatic rings. The summed E-state index contributed by atoms with van der Waals surface area (Å²) in [5, 5.41) is 0.817. The molecule has 1 saturated carbocycles. The average molecular weight is 569 g/mol. The number of hydrogen-bond acceptors (Lipinski definition) is 4. The van der Waals surface area contributed by atoms with E-state index in [0.29, 0.717) is 6.54 Å². The van der Waals surface area contributed by atoms with Gasteiger partial charge in [-0.05, 0) is 85.5 Å². The first-order valence-electron chi connectivity index (χ1n) is 13.6. The molecule has 0 unspecified atom stereocenters. The van der Waals surface area contributed by atoms with Crippen molar-refractivity contribution in [3.63, 3.8) is 0 Å². The Bertz CT molecular complexity index is 1580. The lowest BCUT2D eigenvalue weighted by Crippen LogP contribution is -2.24. The zero-order valence-electron chi connectivity index (χ0n) is 23.1. The number of halogens is 4. The Morgan fingerprint density at radius 1 is 1.02 bits per heavy atom. The van der Waals surface area contributed by atoms with Crippen LogP contribution in [-0.4, -0.2) is 26.8 Å². The molecule has 41 heavy (non-hydrogen) atoms. The molecule has 0 aliphatic heterocycles. The highest BCUT2D eigenvalue weighted by atomic mass is 19.4. The van der Waals surface area contributed by atoms with E-state index in [-0.39, 0.29) is 34.6 Å². The number of amides is 1. The number of pyridine rings is 2. The molecule has 1 aliphatic carbocycles. The fraction of sp³-hybridized carbons (Fsp3) is 0.387. The summed E-state index contributed by atoms with van der Waals surface area (Å²) in [7, 11) is 0. The highest BCUT2D eigenvalue weighted by Crippen LogP contribution is 2.42. The quantitative estimate of drug-likeness (QED) is 0.244. The van der Waals surface area contributed by atoms with Crippen LogP contribution in [0.25, 0.3) is 22.3 Å². The molecule has 3 heterocycles. The maximum Gasteiger partial charge on any atom is 0.573 e. The van der Waals surface area contributed by atoms with Gasteiger partial charge in [0, 0.05) is 35.4 Å². The molecule has 0 spiro atoms. The van der Waals surface area contributed by atoms with Crippen LogP contribution in [0.1, 0.15) is 74.0 Å². The van der Waals surface area contributed by atoms with Gasteiger partial charge in [-0.3, -0.25) is 14.8 Å². The second kappa shape index (κ2) is 10.8. The number of alkyl halides is 3. The van der Waals surface area contributed by atoms with Crippen LogP contribution in [-0.2, 0) is 12.0 Å². The van der Waals surface area contributed by atoms with E-state index >= 15 is 0 Å². The van der Waals surface area contributed by atoms with Crippen LogP contribution in [0.3, 0.4) is 0 Å². The van der Waals surface area contributed by atoms with Gasteiger partial charge in [-0.1, -0.05) is 20.8 Å². The minimum atomic E-state index is -4.94. The number of benzene rings is 1. The minimum absolute atomic E-state index is 0.0897. The third kappa shape index (κ3) is 6.06. The summed E-state index contributed by atoms with van der Waals surface area (Å²) in [5.41, 5.74) is 8.13. The number of carbonyl (C=O) groups excluding carboxylic acids is 1. The van der Waals surface area contributed by atoms with Crippen LogP contribution in [0.2, 0.25) is 0 Å². The predicted octanol–water partition coefficient (Wildman–Crippen LogP) is 7.51. The number of hydrogen-bond donors (Lipinski definition) is 1. The van der Waals surface area contributed by atoms with Crippen molar-refractivity contribution in [2.45, 2.75) is 70.7 Å². The summed E-state index contributed by atoms with van der Waals surface area (Å²) in [6, 6.07) is 10.8. The SMILES string of the molecule is CC(C)(C)c1cc(C(N)=O)c(-c2ncccc2OC(F)(F)F)n1CC1CCC(c2ccnc3ccc(F)cc23)CC1. The van der Waals surface area contributed by atoms with Crippen LogP contribution in [0.4, 0.5) is 17.6 Å². The number of primary amides is 1. The lowest BCUT2D eigenvalue weighted by molar-refractivity contribution is -0.274. The van der Waals surface area contributed by atoms with E-state index in [2.05, 4.69) is 14.7 Å². The molecule has 1 fully saturated rings. The summed E-state index contributed by atoms with van der Waals surface area (Å²) in [6.45, 7) is 6.40.